The van der Waals surface area contributed by atoms with Gasteiger partial charge >= 0.3 is 6.18 Å². The summed E-state index contributed by atoms with van der Waals surface area (Å²) in [5, 5.41) is 0. The lowest BCUT2D eigenvalue weighted by Crippen LogP contribution is -2.12. The third-order valence-corrected chi connectivity index (χ3v) is 5.47. The first-order valence-corrected chi connectivity index (χ1v) is 9.59. The fraction of sp³-hybridized carbons (Fsp3) is 0.200. The Morgan fingerprint density at radius 2 is 1.69 bits per heavy atom. The van der Waals surface area contributed by atoms with E-state index in [4.69, 9.17) is 0 Å². The monoisotopic (exact) mass is 393 g/mol. The van der Waals surface area contributed by atoms with Gasteiger partial charge in [0.05, 0.1) is 5.56 Å². The molecule has 3 aromatic rings. The molecular weight excluding hydrogens is 371 g/mol. The van der Waals surface area contributed by atoms with Crippen LogP contribution in [0.1, 0.15) is 34.6 Å². The lowest BCUT2D eigenvalue weighted by Gasteiger charge is -2.24. The average Bonchev–Trinajstić information content (AvgIpc) is 2.72. The molecular formula is C25H22F3N. The highest BCUT2D eigenvalue weighted by molar-refractivity contribution is 5.73. The standard InChI is InChI=1S/C25H22F3N/c1-29(2)20-10-5-9-18(15-20)23-14-13-19(16-24(23)25(26,27)28)22-12-6-8-17-7-3-4-11-21(17)22/h3-11,13-16,22H,12H2,1-2H3. The zero-order valence-electron chi connectivity index (χ0n) is 16.4. The molecule has 29 heavy (non-hydrogen) atoms. The van der Waals surface area contributed by atoms with Crippen LogP contribution in [0.25, 0.3) is 17.2 Å². The molecule has 3 aromatic carbocycles. The molecule has 0 aromatic heterocycles. The predicted octanol–water partition coefficient (Wildman–Crippen LogP) is 6.99. The maximum absolute atomic E-state index is 14.0. The molecule has 0 radical (unpaired) electrons. The van der Waals surface area contributed by atoms with Crippen LogP contribution in [0, 0.1) is 0 Å². The van der Waals surface area contributed by atoms with Crippen LogP contribution in [-0.4, -0.2) is 14.1 Å². The van der Waals surface area contributed by atoms with E-state index in [1.165, 1.54) is 6.07 Å². The van der Waals surface area contributed by atoms with Gasteiger partial charge in [-0.1, -0.05) is 60.7 Å². The first-order chi connectivity index (χ1) is 13.8. The van der Waals surface area contributed by atoms with Crippen molar-refractivity contribution in [2.24, 2.45) is 0 Å². The lowest BCUT2D eigenvalue weighted by molar-refractivity contribution is -0.137. The molecule has 1 aliphatic rings. The molecule has 0 bridgehead atoms. The normalized spacial score (nSPS) is 15.8. The minimum Gasteiger partial charge on any atom is -0.378 e. The van der Waals surface area contributed by atoms with Gasteiger partial charge in [-0.3, -0.25) is 0 Å². The first-order valence-electron chi connectivity index (χ1n) is 9.59. The van der Waals surface area contributed by atoms with Crippen molar-refractivity contribution in [2.45, 2.75) is 18.5 Å². The molecule has 0 spiro atoms. The minimum atomic E-state index is -4.43. The predicted molar refractivity (Wildman–Crippen MR) is 113 cm³/mol. The van der Waals surface area contributed by atoms with Crippen molar-refractivity contribution in [3.63, 3.8) is 0 Å². The number of halogens is 3. The summed E-state index contributed by atoms with van der Waals surface area (Å²) in [4.78, 5) is 1.89. The summed E-state index contributed by atoms with van der Waals surface area (Å²) in [6.07, 6.45) is 0.347. The molecule has 1 atom stereocenters. The van der Waals surface area contributed by atoms with Gasteiger partial charge in [0.1, 0.15) is 0 Å². The number of anilines is 1. The first kappa shape index (κ1) is 19.3. The van der Waals surface area contributed by atoms with E-state index in [1.54, 1.807) is 24.3 Å². The third-order valence-electron chi connectivity index (χ3n) is 5.47. The van der Waals surface area contributed by atoms with Gasteiger partial charge in [-0.15, -0.1) is 0 Å². The maximum atomic E-state index is 14.0. The fourth-order valence-electron chi connectivity index (χ4n) is 3.97. The van der Waals surface area contributed by atoms with E-state index < -0.39 is 11.7 Å². The van der Waals surface area contributed by atoms with Gasteiger partial charge in [0.15, 0.2) is 0 Å². The molecule has 0 heterocycles. The van der Waals surface area contributed by atoms with Gasteiger partial charge < -0.3 is 4.90 Å². The van der Waals surface area contributed by atoms with Gasteiger partial charge in [0, 0.05) is 25.7 Å². The van der Waals surface area contributed by atoms with Crippen LogP contribution in [-0.2, 0) is 6.18 Å². The zero-order chi connectivity index (χ0) is 20.6. The molecule has 4 heteroatoms. The zero-order valence-corrected chi connectivity index (χ0v) is 16.4. The molecule has 0 saturated heterocycles. The second-order valence-electron chi connectivity index (χ2n) is 7.57. The molecule has 4 rings (SSSR count). The van der Waals surface area contributed by atoms with Crippen molar-refractivity contribution in [2.75, 3.05) is 19.0 Å². The number of rotatable bonds is 3. The summed E-state index contributed by atoms with van der Waals surface area (Å²) in [6, 6.07) is 19.9. The van der Waals surface area contributed by atoms with Crippen LogP contribution >= 0.6 is 0 Å². The highest BCUT2D eigenvalue weighted by Crippen LogP contribution is 2.42. The van der Waals surface area contributed by atoms with E-state index in [2.05, 4.69) is 0 Å². The van der Waals surface area contributed by atoms with Gasteiger partial charge in [-0.05, 0) is 52.4 Å². The van der Waals surface area contributed by atoms with Crippen LogP contribution in [0.3, 0.4) is 0 Å². The molecule has 0 aliphatic heterocycles. The Kier molecular flexibility index (Phi) is 4.95. The highest BCUT2D eigenvalue weighted by atomic mass is 19.4. The van der Waals surface area contributed by atoms with E-state index in [0.717, 1.165) is 16.8 Å². The summed E-state index contributed by atoms with van der Waals surface area (Å²) in [5.74, 6) is -0.0699. The summed E-state index contributed by atoms with van der Waals surface area (Å²) >= 11 is 0. The second kappa shape index (κ2) is 7.43. The van der Waals surface area contributed by atoms with E-state index in [0.29, 0.717) is 17.5 Å². The largest absolute Gasteiger partial charge is 0.417 e. The molecule has 0 N–H and O–H groups in total. The Labute approximate surface area is 169 Å². The molecule has 1 unspecified atom stereocenters. The van der Waals surface area contributed by atoms with E-state index in [9.17, 15) is 13.2 Å². The Balaban J connectivity index is 1.83. The number of nitrogens with zero attached hydrogens (tertiary/aromatic N) is 1. The SMILES string of the molecule is CN(C)c1cccc(-c2ccc(C3CC=Cc4ccccc43)cc2C(F)(F)F)c1. The van der Waals surface area contributed by atoms with Crippen LogP contribution in [0.2, 0.25) is 0 Å². The quantitative estimate of drug-likeness (QED) is 0.464. The maximum Gasteiger partial charge on any atom is 0.417 e. The minimum absolute atomic E-state index is 0.0699. The summed E-state index contributed by atoms with van der Waals surface area (Å²) in [5.41, 5.74) is 3.90. The Morgan fingerprint density at radius 3 is 2.45 bits per heavy atom. The Hall–Kier alpha value is -3.01. The highest BCUT2D eigenvalue weighted by Gasteiger charge is 2.35. The molecule has 1 nitrogen and oxygen atoms in total. The average molecular weight is 393 g/mol. The molecule has 0 amide bonds. The van der Waals surface area contributed by atoms with Gasteiger partial charge in [-0.2, -0.15) is 13.2 Å². The molecule has 0 fully saturated rings. The van der Waals surface area contributed by atoms with E-state index in [1.807, 2.05) is 67.5 Å². The number of hydrogen-bond acceptors (Lipinski definition) is 1. The van der Waals surface area contributed by atoms with Crippen molar-refractivity contribution < 1.29 is 13.2 Å². The summed E-state index contributed by atoms with van der Waals surface area (Å²) < 4.78 is 42.0. The van der Waals surface area contributed by atoms with Crippen LogP contribution < -0.4 is 4.90 Å². The van der Waals surface area contributed by atoms with Crippen molar-refractivity contribution in [3.8, 4) is 11.1 Å². The van der Waals surface area contributed by atoms with Gasteiger partial charge in [0.2, 0.25) is 0 Å². The van der Waals surface area contributed by atoms with Crippen LogP contribution in [0.4, 0.5) is 18.9 Å². The summed E-state index contributed by atoms with van der Waals surface area (Å²) in [6.45, 7) is 0. The number of fused-ring (bicyclic) bond motifs is 1. The summed E-state index contributed by atoms with van der Waals surface area (Å²) in [7, 11) is 3.75. The number of benzene rings is 3. The van der Waals surface area contributed by atoms with Crippen molar-refractivity contribution >= 4 is 11.8 Å². The molecule has 148 valence electrons. The smallest absolute Gasteiger partial charge is 0.378 e. The molecule has 1 aliphatic carbocycles. The van der Waals surface area contributed by atoms with Gasteiger partial charge in [-0.25, -0.2) is 0 Å². The van der Waals surface area contributed by atoms with Crippen molar-refractivity contribution in [3.05, 3.63) is 95.1 Å². The number of alkyl halides is 3. The topological polar surface area (TPSA) is 3.24 Å². The van der Waals surface area contributed by atoms with Crippen LogP contribution in [0.5, 0.6) is 0 Å². The second-order valence-corrected chi connectivity index (χ2v) is 7.57. The lowest BCUT2D eigenvalue weighted by atomic mass is 9.81. The fourth-order valence-corrected chi connectivity index (χ4v) is 3.97. The number of allylic oxidation sites excluding steroid dienone is 1. The third kappa shape index (κ3) is 3.80. The van der Waals surface area contributed by atoms with Gasteiger partial charge in [0.25, 0.3) is 0 Å². The van der Waals surface area contributed by atoms with Crippen LogP contribution in [0.15, 0.2) is 72.8 Å². The molecule has 0 saturated carbocycles. The Bertz CT molecular complexity index is 1060. The number of hydrogen-bond donors (Lipinski definition) is 0. The Morgan fingerprint density at radius 1 is 0.897 bits per heavy atom. The van der Waals surface area contributed by atoms with E-state index in [-0.39, 0.29) is 11.5 Å². The van der Waals surface area contributed by atoms with Crippen molar-refractivity contribution in [1.82, 2.24) is 0 Å². The van der Waals surface area contributed by atoms with E-state index >= 15 is 0 Å². The van der Waals surface area contributed by atoms with Crippen molar-refractivity contribution in [1.29, 1.82) is 0 Å².